The van der Waals surface area contributed by atoms with Crippen LogP contribution in [-0.4, -0.2) is 57.7 Å². The van der Waals surface area contributed by atoms with Crippen LogP contribution in [0.4, 0.5) is 5.82 Å². The molecule has 0 bridgehead atoms. The molecule has 0 unspecified atom stereocenters. The molecule has 1 aliphatic heterocycles. The van der Waals surface area contributed by atoms with E-state index in [2.05, 4.69) is 54.1 Å². The smallest absolute Gasteiger partial charge is 0.256 e. The van der Waals surface area contributed by atoms with Gasteiger partial charge in [-0.25, -0.2) is 15.0 Å². The molecule has 1 saturated heterocycles. The highest BCUT2D eigenvalue weighted by atomic mass is 28.4. The Balaban J connectivity index is 1.49. The Morgan fingerprint density at radius 1 is 1.24 bits per heavy atom. The van der Waals surface area contributed by atoms with Crippen LogP contribution in [-0.2, 0) is 9.16 Å². The molecule has 1 aromatic carbocycles. The van der Waals surface area contributed by atoms with Crippen LogP contribution in [0, 0.1) is 0 Å². The van der Waals surface area contributed by atoms with E-state index in [4.69, 9.17) is 9.16 Å². The van der Waals surface area contributed by atoms with Crippen molar-refractivity contribution in [3.63, 3.8) is 0 Å². The van der Waals surface area contributed by atoms with E-state index in [1.54, 1.807) is 35.2 Å². The zero-order valence-electron chi connectivity index (χ0n) is 19.6. The summed E-state index contributed by atoms with van der Waals surface area (Å²) in [6.07, 6.45) is 1.85. The second-order valence-corrected chi connectivity index (χ2v) is 14.7. The maximum atomic E-state index is 12.6. The molecule has 0 aliphatic carbocycles. The summed E-state index contributed by atoms with van der Waals surface area (Å²) in [6, 6.07) is 8.90. The number of aromatic nitrogens is 4. The van der Waals surface area contributed by atoms with E-state index in [1.165, 1.54) is 6.33 Å². The normalized spacial score (nSPS) is 21.5. The minimum Gasteiger partial charge on any atom is -0.414 e. The molecule has 4 rings (SSSR count). The zero-order valence-corrected chi connectivity index (χ0v) is 20.6. The monoisotopic (exact) mass is 469 g/mol. The number of imidazole rings is 1. The summed E-state index contributed by atoms with van der Waals surface area (Å²) in [5.41, 5.74) is 1.51. The van der Waals surface area contributed by atoms with Crippen molar-refractivity contribution >= 4 is 31.2 Å². The van der Waals surface area contributed by atoms with Gasteiger partial charge in [0.05, 0.1) is 19.0 Å². The number of rotatable bonds is 6. The number of benzene rings is 1. The number of hydrogen-bond acceptors (Lipinski definition) is 7. The lowest BCUT2D eigenvalue weighted by atomic mass is 10.2. The first kappa shape index (κ1) is 23.5. The van der Waals surface area contributed by atoms with Gasteiger partial charge in [0.15, 0.2) is 25.3 Å². The Kier molecular flexibility index (Phi) is 6.36. The number of nitrogens with one attached hydrogen (secondary N) is 1. The lowest BCUT2D eigenvalue weighted by Crippen LogP contribution is -2.43. The van der Waals surface area contributed by atoms with Crippen molar-refractivity contribution in [2.24, 2.45) is 0 Å². The van der Waals surface area contributed by atoms with Crippen molar-refractivity contribution < 1.29 is 19.1 Å². The fourth-order valence-electron chi connectivity index (χ4n) is 3.47. The molecule has 3 atom stereocenters. The summed E-state index contributed by atoms with van der Waals surface area (Å²) in [6.45, 7) is 11.2. The molecular formula is C23H31N5O4Si. The van der Waals surface area contributed by atoms with Gasteiger partial charge in [-0.1, -0.05) is 39.0 Å². The molecule has 3 aromatic rings. The summed E-state index contributed by atoms with van der Waals surface area (Å²) in [7, 11) is -1.96. The van der Waals surface area contributed by atoms with Gasteiger partial charge in [0.25, 0.3) is 5.91 Å². The van der Waals surface area contributed by atoms with Crippen LogP contribution in [0.25, 0.3) is 11.2 Å². The van der Waals surface area contributed by atoms with Gasteiger partial charge in [-0.05, 0) is 30.3 Å². The van der Waals surface area contributed by atoms with Crippen molar-refractivity contribution in [2.45, 2.75) is 63.8 Å². The molecule has 2 aromatic heterocycles. The predicted molar refractivity (Wildman–Crippen MR) is 127 cm³/mol. The van der Waals surface area contributed by atoms with Crippen molar-refractivity contribution in [1.29, 1.82) is 0 Å². The Bertz CT molecular complexity index is 1130. The SMILES string of the molecule is CC(C)(C)[Si](C)(C)OC[C@H]1O[C@@H](n2cnc3c(NC(=O)c4ccccc4)ncnc32)C[C@H]1O. The summed E-state index contributed by atoms with van der Waals surface area (Å²) >= 11 is 0. The van der Waals surface area contributed by atoms with Gasteiger partial charge >= 0.3 is 0 Å². The molecule has 1 aliphatic rings. The van der Waals surface area contributed by atoms with E-state index in [0.29, 0.717) is 35.6 Å². The molecular weight excluding hydrogens is 438 g/mol. The molecule has 1 amide bonds. The molecule has 2 N–H and O–H groups in total. The maximum absolute atomic E-state index is 12.6. The first-order chi connectivity index (χ1) is 15.6. The van der Waals surface area contributed by atoms with Crippen LogP contribution in [0.2, 0.25) is 18.1 Å². The molecule has 33 heavy (non-hydrogen) atoms. The Morgan fingerprint density at radius 3 is 2.67 bits per heavy atom. The lowest BCUT2D eigenvalue weighted by molar-refractivity contribution is -0.0405. The van der Waals surface area contributed by atoms with Crippen LogP contribution >= 0.6 is 0 Å². The summed E-state index contributed by atoms with van der Waals surface area (Å²) < 4.78 is 14.2. The first-order valence-corrected chi connectivity index (χ1v) is 14.0. The fourth-order valence-corrected chi connectivity index (χ4v) is 4.48. The van der Waals surface area contributed by atoms with Crippen LogP contribution in [0.3, 0.4) is 0 Å². The average Bonchev–Trinajstić information content (AvgIpc) is 3.36. The van der Waals surface area contributed by atoms with Gasteiger partial charge in [0, 0.05) is 12.0 Å². The number of aliphatic hydroxyl groups excluding tert-OH is 1. The summed E-state index contributed by atoms with van der Waals surface area (Å²) in [4.78, 5) is 25.5. The molecule has 176 valence electrons. The topological polar surface area (TPSA) is 111 Å². The standard InChI is InChI=1S/C23H31N5O4Si/c1-23(2,3)33(4,5)31-12-17-16(29)11-18(32-17)28-14-26-19-20(24-13-25-21(19)28)27-22(30)15-9-7-6-8-10-15/h6-10,13-14,16-18,29H,11-12H2,1-5H3,(H,24,25,27,30)/t16-,17-,18-/m1/s1. The maximum Gasteiger partial charge on any atom is 0.256 e. The molecule has 9 nitrogen and oxygen atoms in total. The highest BCUT2D eigenvalue weighted by molar-refractivity contribution is 6.74. The number of aliphatic hydroxyl groups is 1. The number of carbonyl (C=O) groups is 1. The second kappa shape index (κ2) is 8.94. The highest BCUT2D eigenvalue weighted by Crippen LogP contribution is 2.38. The van der Waals surface area contributed by atoms with Gasteiger partial charge in [-0.2, -0.15) is 0 Å². The Hall–Kier alpha value is -2.66. The van der Waals surface area contributed by atoms with Crippen molar-refractivity contribution in [2.75, 3.05) is 11.9 Å². The van der Waals surface area contributed by atoms with E-state index in [1.807, 2.05) is 6.07 Å². The molecule has 3 heterocycles. The average molecular weight is 470 g/mol. The third-order valence-corrected chi connectivity index (χ3v) is 11.1. The molecule has 10 heteroatoms. The van der Waals surface area contributed by atoms with E-state index in [0.717, 1.165) is 0 Å². The van der Waals surface area contributed by atoms with E-state index < -0.39 is 26.8 Å². The van der Waals surface area contributed by atoms with Crippen LogP contribution in [0.5, 0.6) is 0 Å². The second-order valence-electron chi connectivity index (χ2n) is 9.87. The van der Waals surface area contributed by atoms with Crippen LogP contribution < -0.4 is 5.32 Å². The lowest BCUT2D eigenvalue weighted by Gasteiger charge is -2.37. The van der Waals surface area contributed by atoms with Crippen LogP contribution in [0.15, 0.2) is 43.0 Å². The van der Waals surface area contributed by atoms with E-state index >= 15 is 0 Å². The number of hydrogen-bond donors (Lipinski definition) is 2. The first-order valence-electron chi connectivity index (χ1n) is 11.1. The molecule has 1 fully saturated rings. The highest BCUT2D eigenvalue weighted by Gasteiger charge is 2.41. The number of anilines is 1. The summed E-state index contributed by atoms with van der Waals surface area (Å²) in [5, 5.41) is 13.5. The number of amides is 1. The van der Waals surface area contributed by atoms with Gasteiger partial charge in [0.2, 0.25) is 0 Å². The quantitative estimate of drug-likeness (QED) is 0.529. The predicted octanol–water partition coefficient (Wildman–Crippen LogP) is 3.75. The minimum absolute atomic E-state index is 0.0774. The van der Waals surface area contributed by atoms with Crippen molar-refractivity contribution in [3.05, 3.63) is 48.5 Å². The summed E-state index contributed by atoms with van der Waals surface area (Å²) in [5.74, 6) is 0.0458. The fraction of sp³-hybridized carbons (Fsp3) is 0.478. The third-order valence-electron chi connectivity index (χ3n) is 6.56. The van der Waals surface area contributed by atoms with Gasteiger partial charge in [0.1, 0.15) is 18.7 Å². The molecule has 0 saturated carbocycles. The van der Waals surface area contributed by atoms with E-state index in [-0.39, 0.29) is 10.9 Å². The van der Waals surface area contributed by atoms with Gasteiger partial charge in [-0.15, -0.1) is 0 Å². The molecule has 0 radical (unpaired) electrons. The zero-order chi connectivity index (χ0) is 23.8. The number of nitrogens with zero attached hydrogens (tertiary/aromatic N) is 4. The minimum atomic E-state index is -1.96. The van der Waals surface area contributed by atoms with Crippen molar-refractivity contribution in [3.8, 4) is 0 Å². The number of fused-ring (bicyclic) bond motifs is 1. The van der Waals surface area contributed by atoms with E-state index in [9.17, 15) is 9.90 Å². The van der Waals surface area contributed by atoms with Gasteiger partial charge < -0.3 is 19.6 Å². The van der Waals surface area contributed by atoms with Crippen LogP contribution in [0.1, 0.15) is 43.8 Å². The number of ether oxygens (including phenoxy) is 1. The Labute approximate surface area is 194 Å². The largest absolute Gasteiger partial charge is 0.414 e. The molecule has 0 spiro atoms. The third kappa shape index (κ3) is 4.84. The van der Waals surface area contributed by atoms with Crippen molar-refractivity contribution in [1.82, 2.24) is 19.5 Å². The van der Waals surface area contributed by atoms with Gasteiger partial charge in [-0.3, -0.25) is 9.36 Å². The number of carbonyl (C=O) groups excluding carboxylic acids is 1. The Morgan fingerprint density at radius 2 is 1.97 bits per heavy atom.